The summed E-state index contributed by atoms with van der Waals surface area (Å²) < 4.78 is 4.94. The van der Waals surface area contributed by atoms with Crippen molar-refractivity contribution in [1.82, 2.24) is 5.16 Å². The predicted octanol–water partition coefficient (Wildman–Crippen LogP) is 1.65. The van der Waals surface area contributed by atoms with Gasteiger partial charge in [-0.1, -0.05) is 18.5 Å². The minimum absolute atomic E-state index is 0.222. The van der Waals surface area contributed by atoms with Gasteiger partial charge in [0.25, 0.3) is 0 Å². The molecule has 0 amide bonds. The first-order valence-electron chi connectivity index (χ1n) is 4.40. The third kappa shape index (κ3) is 2.66. The highest BCUT2D eigenvalue weighted by molar-refractivity contribution is 5.04. The molecule has 3 heteroatoms. The minimum Gasteiger partial charge on any atom is -0.361 e. The van der Waals surface area contributed by atoms with E-state index < -0.39 is 0 Å². The quantitative estimate of drug-likeness (QED) is 0.743. The van der Waals surface area contributed by atoms with Crippen LogP contribution in [0.25, 0.3) is 0 Å². The Hall–Kier alpha value is -0.830. The Kier molecular flexibility index (Phi) is 3.29. The van der Waals surface area contributed by atoms with Crippen molar-refractivity contribution in [2.75, 3.05) is 0 Å². The molecule has 0 fully saturated rings. The lowest BCUT2D eigenvalue weighted by atomic mass is 10.1. The maximum atomic E-state index is 5.84. The van der Waals surface area contributed by atoms with Crippen LogP contribution in [-0.4, -0.2) is 11.2 Å². The summed E-state index contributed by atoms with van der Waals surface area (Å²) >= 11 is 0. The van der Waals surface area contributed by atoms with E-state index in [2.05, 4.69) is 12.1 Å². The molecule has 0 aromatic carbocycles. The molecule has 1 rings (SSSR count). The summed E-state index contributed by atoms with van der Waals surface area (Å²) in [7, 11) is 0. The number of nitrogens with zero attached hydrogens (tertiary/aromatic N) is 1. The van der Waals surface area contributed by atoms with Crippen LogP contribution in [0.3, 0.4) is 0 Å². The van der Waals surface area contributed by atoms with Gasteiger partial charge in [-0.05, 0) is 13.3 Å². The molecule has 0 aliphatic heterocycles. The van der Waals surface area contributed by atoms with Crippen LogP contribution in [0.5, 0.6) is 0 Å². The van der Waals surface area contributed by atoms with E-state index in [9.17, 15) is 0 Å². The summed E-state index contributed by atoms with van der Waals surface area (Å²) in [4.78, 5) is 0. The summed E-state index contributed by atoms with van der Waals surface area (Å²) in [5, 5.41) is 3.88. The second-order valence-corrected chi connectivity index (χ2v) is 3.18. The lowest BCUT2D eigenvalue weighted by Crippen LogP contribution is -2.22. The fourth-order valence-electron chi connectivity index (χ4n) is 1.26. The Morgan fingerprint density at radius 3 is 2.92 bits per heavy atom. The van der Waals surface area contributed by atoms with Crippen LogP contribution < -0.4 is 5.73 Å². The smallest absolute Gasteiger partial charge is 0.133 e. The van der Waals surface area contributed by atoms with E-state index in [-0.39, 0.29) is 6.04 Å². The van der Waals surface area contributed by atoms with Crippen LogP contribution in [0.2, 0.25) is 0 Å². The van der Waals surface area contributed by atoms with Crippen molar-refractivity contribution >= 4 is 0 Å². The molecule has 0 aliphatic carbocycles. The van der Waals surface area contributed by atoms with Crippen LogP contribution in [0.4, 0.5) is 0 Å². The Morgan fingerprint density at radius 1 is 1.67 bits per heavy atom. The summed E-state index contributed by atoms with van der Waals surface area (Å²) in [5.41, 5.74) is 6.81. The van der Waals surface area contributed by atoms with E-state index >= 15 is 0 Å². The van der Waals surface area contributed by atoms with Gasteiger partial charge in [0.15, 0.2) is 0 Å². The molecule has 0 bridgehead atoms. The Morgan fingerprint density at radius 2 is 2.42 bits per heavy atom. The van der Waals surface area contributed by atoms with E-state index in [1.165, 1.54) is 0 Å². The van der Waals surface area contributed by atoms with E-state index in [0.29, 0.717) is 0 Å². The van der Waals surface area contributed by atoms with Gasteiger partial charge in [-0.3, -0.25) is 0 Å². The van der Waals surface area contributed by atoms with E-state index in [1.807, 2.05) is 13.0 Å². The van der Waals surface area contributed by atoms with Crippen molar-refractivity contribution in [3.63, 3.8) is 0 Å². The zero-order valence-corrected chi connectivity index (χ0v) is 7.71. The Balaban J connectivity index is 2.41. The van der Waals surface area contributed by atoms with Crippen LogP contribution in [0.1, 0.15) is 31.2 Å². The molecule has 1 heterocycles. The fourth-order valence-corrected chi connectivity index (χ4v) is 1.26. The minimum atomic E-state index is 0.222. The van der Waals surface area contributed by atoms with E-state index in [1.54, 1.807) is 0 Å². The Labute approximate surface area is 72.9 Å². The van der Waals surface area contributed by atoms with Gasteiger partial charge in [-0.2, -0.15) is 0 Å². The summed E-state index contributed by atoms with van der Waals surface area (Å²) in [6, 6.07) is 2.16. The van der Waals surface area contributed by atoms with Crippen molar-refractivity contribution in [2.45, 2.75) is 39.2 Å². The van der Waals surface area contributed by atoms with Gasteiger partial charge in [0.1, 0.15) is 5.76 Å². The van der Waals surface area contributed by atoms with Crippen molar-refractivity contribution in [3.05, 3.63) is 17.5 Å². The Bertz CT molecular complexity index is 232. The number of aromatic nitrogens is 1. The molecule has 0 spiro atoms. The standard InChI is InChI=1S/C9H16N2O/c1-3-4-8(10)6-9-5-7(2)12-11-9/h5,8H,3-4,6,10H2,1-2H3. The van der Waals surface area contributed by atoms with Gasteiger partial charge in [0, 0.05) is 18.5 Å². The molecule has 12 heavy (non-hydrogen) atoms. The molecular formula is C9H16N2O. The first kappa shape index (κ1) is 9.26. The summed E-state index contributed by atoms with van der Waals surface area (Å²) in [5.74, 6) is 0.855. The normalized spacial score (nSPS) is 13.2. The SMILES string of the molecule is CCCC(N)Cc1cc(C)on1. The lowest BCUT2D eigenvalue weighted by molar-refractivity contribution is 0.387. The molecule has 1 aromatic rings. The summed E-state index contributed by atoms with van der Waals surface area (Å²) in [6.45, 7) is 4.02. The first-order valence-corrected chi connectivity index (χ1v) is 4.40. The van der Waals surface area contributed by atoms with Crippen molar-refractivity contribution in [3.8, 4) is 0 Å². The maximum Gasteiger partial charge on any atom is 0.133 e. The summed E-state index contributed by atoms with van der Waals surface area (Å²) in [6.07, 6.45) is 3.00. The second-order valence-electron chi connectivity index (χ2n) is 3.18. The third-order valence-corrected chi connectivity index (χ3v) is 1.81. The molecule has 0 radical (unpaired) electrons. The highest BCUT2D eigenvalue weighted by atomic mass is 16.5. The molecule has 0 aliphatic rings. The predicted molar refractivity (Wildman–Crippen MR) is 47.8 cm³/mol. The van der Waals surface area contributed by atoms with Crippen LogP contribution >= 0.6 is 0 Å². The highest BCUT2D eigenvalue weighted by Crippen LogP contribution is 2.06. The largest absolute Gasteiger partial charge is 0.361 e. The molecule has 0 saturated carbocycles. The van der Waals surface area contributed by atoms with Crippen LogP contribution in [0.15, 0.2) is 10.6 Å². The zero-order valence-electron chi connectivity index (χ0n) is 7.71. The second kappa shape index (κ2) is 4.26. The third-order valence-electron chi connectivity index (χ3n) is 1.81. The van der Waals surface area contributed by atoms with Gasteiger partial charge >= 0.3 is 0 Å². The zero-order chi connectivity index (χ0) is 8.97. The number of rotatable bonds is 4. The first-order chi connectivity index (χ1) is 5.72. The number of hydrogen-bond acceptors (Lipinski definition) is 3. The number of hydrogen-bond donors (Lipinski definition) is 1. The number of aryl methyl sites for hydroxylation is 1. The molecule has 3 nitrogen and oxygen atoms in total. The van der Waals surface area contributed by atoms with Crippen LogP contribution in [-0.2, 0) is 6.42 Å². The highest BCUT2D eigenvalue weighted by Gasteiger charge is 2.06. The average molecular weight is 168 g/mol. The van der Waals surface area contributed by atoms with Gasteiger partial charge in [0.2, 0.25) is 0 Å². The maximum absolute atomic E-state index is 5.84. The topological polar surface area (TPSA) is 52.0 Å². The fraction of sp³-hybridized carbons (Fsp3) is 0.667. The monoisotopic (exact) mass is 168 g/mol. The average Bonchev–Trinajstić information content (AvgIpc) is 2.36. The van der Waals surface area contributed by atoms with Gasteiger partial charge < -0.3 is 10.3 Å². The molecule has 1 atom stereocenters. The molecule has 1 unspecified atom stereocenters. The molecule has 2 N–H and O–H groups in total. The molecule has 0 saturated heterocycles. The van der Waals surface area contributed by atoms with Crippen molar-refractivity contribution < 1.29 is 4.52 Å². The van der Waals surface area contributed by atoms with Crippen molar-refractivity contribution in [2.24, 2.45) is 5.73 Å². The molecular weight excluding hydrogens is 152 g/mol. The molecule has 1 aromatic heterocycles. The lowest BCUT2D eigenvalue weighted by Gasteiger charge is -2.05. The van der Waals surface area contributed by atoms with Gasteiger partial charge in [-0.25, -0.2) is 0 Å². The van der Waals surface area contributed by atoms with E-state index in [0.717, 1.165) is 30.7 Å². The van der Waals surface area contributed by atoms with E-state index in [4.69, 9.17) is 10.3 Å². The number of nitrogens with two attached hydrogens (primary N) is 1. The van der Waals surface area contributed by atoms with Gasteiger partial charge in [0.05, 0.1) is 5.69 Å². The molecule has 68 valence electrons. The van der Waals surface area contributed by atoms with Gasteiger partial charge in [-0.15, -0.1) is 0 Å². The van der Waals surface area contributed by atoms with Crippen molar-refractivity contribution in [1.29, 1.82) is 0 Å². The van der Waals surface area contributed by atoms with Crippen LogP contribution in [0, 0.1) is 6.92 Å².